The van der Waals surface area contributed by atoms with E-state index in [9.17, 15) is 18.0 Å². The Labute approximate surface area is 155 Å². The van der Waals surface area contributed by atoms with Gasteiger partial charge in [0.05, 0.1) is 25.0 Å². The Balaban J connectivity index is 2.11. The highest BCUT2D eigenvalue weighted by Gasteiger charge is 2.33. The van der Waals surface area contributed by atoms with E-state index in [4.69, 9.17) is 9.47 Å². The van der Waals surface area contributed by atoms with Gasteiger partial charge in [-0.1, -0.05) is 25.1 Å². The molecule has 0 heterocycles. The van der Waals surface area contributed by atoms with Gasteiger partial charge in [0.1, 0.15) is 0 Å². The number of hydrogen-bond donors (Lipinski definition) is 1. The summed E-state index contributed by atoms with van der Waals surface area (Å²) in [7, 11) is 1.50. The molecule has 27 heavy (non-hydrogen) atoms. The molecule has 0 spiro atoms. The van der Waals surface area contributed by atoms with E-state index in [2.05, 4.69) is 5.32 Å². The van der Waals surface area contributed by atoms with Crippen LogP contribution >= 0.6 is 0 Å². The highest BCUT2D eigenvalue weighted by atomic mass is 19.4. The van der Waals surface area contributed by atoms with Crippen LogP contribution in [-0.2, 0) is 11.0 Å². The first-order valence-electron chi connectivity index (χ1n) is 8.31. The van der Waals surface area contributed by atoms with Gasteiger partial charge >= 0.3 is 6.18 Å². The maximum absolute atomic E-state index is 13.0. The normalized spacial score (nSPS) is 11.4. The largest absolute Gasteiger partial charge is 0.493 e. The van der Waals surface area contributed by atoms with Gasteiger partial charge in [-0.05, 0) is 42.3 Å². The Hall–Kier alpha value is -2.96. The highest BCUT2D eigenvalue weighted by molar-refractivity contribution is 6.02. The summed E-state index contributed by atoms with van der Waals surface area (Å²) >= 11 is 0. The quantitative estimate of drug-likeness (QED) is 0.677. The van der Waals surface area contributed by atoms with Gasteiger partial charge in [-0.3, -0.25) is 4.79 Å². The fraction of sp³-hybridized carbons (Fsp3) is 0.250. The molecule has 1 amide bonds. The molecule has 0 saturated heterocycles. The van der Waals surface area contributed by atoms with Gasteiger partial charge in [-0.25, -0.2) is 0 Å². The molecule has 0 aliphatic heterocycles. The third-order valence-corrected chi connectivity index (χ3v) is 3.57. The predicted octanol–water partition coefficient (Wildman–Crippen LogP) is 5.15. The number of ether oxygens (including phenoxy) is 2. The smallest absolute Gasteiger partial charge is 0.418 e. The van der Waals surface area contributed by atoms with Crippen molar-refractivity contribution in [1.29, 1.82) is 0 Å². The Morgan fingerprint density at radius 1 is 1.15 bits per heavy atom. The maximum atomic E-state index is 13.0. The third kappa shape index (κ3) is 5.77. The standard InChI is InChI=1S/C20H20F3NO3/c1-3-12-27-17-10-8-14(13-18(17)26-2)9-11-19(25)24-16-7-5-4-6-15(16)20(21,22)23/h4-11,13H,3,12H2,1-2H3,(H,24,25). The van der Waals surface area contributed by atoms with E-state index in [1.165, 1.54) is 31.4 Å². The number of para-hydroxylation sites is 1. The zero-order chi connectivity index (χ0) is 19.9. The van der Waals surface area contributed by atoms with Crippen LogP contribution in [-0.4, -0.2) is 19.6 Å². The molecule has 0 bridgehead atoms. The van der Waals surface area contributed by atoms with Crippen LogP contribution in [0.15, 0.2) is 48.5 Å². The number of hydrogen-bond acceptors (Lipinski definition) is 3. The Bertz CT molecular complexity index is 816. The van der Waals surface area contributed by atoms with Crippen molar-refractivity contribution in [3.63, 3.8) is 0 Å². The van der Waals surface area contributed by atoms with Gasteiger partial charge in [0.25, 0.3) is 0 Å². The lowest BCUT2D eigenvalue weighted by Crippen LogP contribution is -2.14. The summed E-state index contributed by atoms with van der Waals surface area (Å²) in [5.74, 6) is 0.422. The van der Waals surface area contributed by atoms with Crippen LogP contribution in [0.5, 0.6) is 11.5 Å². The van der Waals surface area contributed by atoms with Crippen LogP contribution in [0.2, 0.25) is 0 Å². The summed E-state index contributed by atoms with van der Waals surface area (Å²) in [5, 5.41) is 2.25. The number of amides is 1. The van der Waals surface area contributed by atoms with Crippen molar-refractivity contribution in [3.05, 3.63) is 59.7 Å². The molecule has 0 aliphatic rings. The van der Waals surface area contributed by atoms with E-state index in [0.29, 0.717) is 23.7 Å². The Morgan fingerprint density at radius 2 is 1.89 bits per heavy atom. The van der Waals surface area contributed by atoms with Crippen LogP contribution < -0.4 is 14.8 Å². The summed E-state index contributed by atoms with van der Waals surface area (Å²) in [4.78, 5) is 12.0. The van der Waals surface area contributed by atoms with Crippen molar-refractivity contribution in [3.8, 4) is 11.5 Å². The van der Waals surface area contributed by atoms with E-state index in [1.54, 1.807) is 18.2 Å². The lowest BCUT2D eigenvalue weighted by atomic mass is 10.1. The molecule has 0 aliphatic carbocycles. The molecule has 0 radical (unpaired) electrons. The summed E-state index contributed by atoms with van der Waals surface area (Å²) < 4.78 is 49.7. The Morgan fingerprint density at radius 3 is 2.56 bits per heavy atom. The Kier molecular flexibility index (Phi) is 6.87. The molecule has 0 unspecified atom stereocenters. The van der Waals surface area contributed by atoms with E-state index in [1.807, 2.05) is 6.92 Å². The molecule has 2 aromatic rings. The number of carbonyl (C=O) groups is 1. The second-order valence-electron chi connectivity index (χ2n) is 5.62. The molecular weight excluding hydrogens is 359 g/mol. The minimum atomic E-state index is -4.55. The van der Waals surface area contributed by atoms with E-state index < -0.39 is 17.6 Å². The fourth-order valence-corrected chi connectivity index (χ4v) is 2.30. The second-order valence-corrected chi connectivity index (χ2v) is 5.62. The zero-order valence-electron chi connectivity index (χ0n) is 15.0. The van der Waals surface area contributed by atoms with Crippen LogP contribution in [0.25, 0.3) is 6.08 Å². The third-order valence-electron chi connectivity index (χ3n) is 3.57. The van der Waals surface area contributed by atoms with Crippen LogP contribution in [0.1, 0.15) is 24.5 Å². The molecule has 7 heteroatoms. The van der Waals surface area contributed by atoms with Crippen LogP contribution in [0.3, 0.4) is 0 Å². The molecular formula is C20H20F3NO3. The van der Waals surface area contributed by atoms with Crippen molar-refractivity contribution in [2.45, 2.75) is 19.5 Å². The lowest BCUT2D eigenvalue weighted by molar-refractivity contribution is -0.136. The van der Waals surface area contributed by atoms with Crippen molar-refractivity contribution in [1.82, 2.24) is 0 Å². The van der Waals surface area contributed by atoms with Crippen LogP contribution in [0, 0.1) is 0 Å². The average molecular weight is 379 g/mol. The van der Waals surface area contributed by atoms with E-state index in [-0.39, 0.29) is 5.69 Å². The van der Waals surface area contributed by atoms with Crippen LogP contribution in [0.4, 0.5) is 18.9 Å². The number of alkyl halides is 3. The average Bonchev–Trinajstić information content (AvgIpc) is 2.64. The van der Waals surface area contributed by atoms with Crippen molar-refractivity contribution < 1.29 is 27.4 Å². The summed E-state index contributed by atoms with van der Waals surface area (Å²) in [6, 6.07) is 9.93. The summed E-state index contributed by atoms with van der Waals surface area (Å²) in [6.45, 7) is 2.53. The minimum Gasteiger partial charge on any atom is -0.493 e. The number of methoxy groups -OCH3 is 1. The number of halogens is 3. The topological polar surface area (TPSA) is 47.6 Å². The first-order chi connectivity index (χ1) is 12.8. The van der Waals surface area contributed by atoms with Gasteiger partial charge in [0, 0.05) is 6.08 Å². The minimum absolute atomic E-state index is 0.291. The molecule has 2 aromatic carbocycles. The maximum Gasteiger partial charge on any atom is 0.418 e. The van der Waals surface area contributed by atoms with Gasteiger partial charge in [0.15, 0.2) is 11.5 Å². The molecule has 0 atom stereocenters. The van der Waals surface area contributed by atoms with Gasteiger partial charge in [-0.15, -0.1) is 0 Å². The van der Waals surface area contributed by atoms with Crippen molar-refractivity contribution in [2.24, 2.45) is 0 Å². The SMILES string of the molecule is CCCOc1ccc(C=CC(=O)Nc2ccccc2C(F)(F)F)cc1OC. The molecule has 2 rings (SSSR count). The second kappa shape index (κ2) is 9.12. The number of benzene rings is 2. The summed E-state index contributed by atoms with van der Waals surface area (Å²) in [5.41, 5.74) is -0.540. The molecule has 1 N–H and O–H groups in total. The number of nitrogens with one attached hydrogen (secondary N) is 1. The molecule has 0 saturated carbocycles. The van der Waals surface area contributed by atoms with Crippen molar-refractivity contribution in [2.75, 3.05) is 19.0 Å². The lowest BCUT2D eigenvalue weighted by Gasteiger charge is -2.12. The number of carbonyl (C=O) groups excluding carboxylic acids is 1. The van der Waals surface area contributed by atoms with E-state index >= 15 is 0 Å². The molecule has 4 nitrogen and oxygen atoms in total. The molecule has 0 aromatic heterocycles. The highest BCUT2D eigenvalue weighted by Crippen LogP contribution is 2.34. The monoisotopic (exact) mass is 379 g/mol. The first kappa shape index (κ1) is 20.4. The predicted molar refractivity (Wildman–Crippen MR) is 97.9 cm³/mol. The molecule has 144 valence electrons. The first-order valence-corrected chi connectivity index (χ1v) is 8.31. The summed E-state index contributed by atoms with van der Waals surface area (Å²) in [6.07, 6.45) is -1.05. The zero-order valence-corrected chi connectivity index (χ0v) is 15.0. The number of anilines is 1. The van der Waals surface area contributed by atoms with Gasteiger partial charge in [-0.2, -0.15) is 13.2 Å². The van der Waals surface area contributed by atoms with E-state index in [0.717, 1.165) is 18.6 Å². The fourth-order valence-electron chi connectivity index (χ4n) is 2.30. The van der Waals surface area contributed by atoms with Crippen molar-refractivity contribution >= 4 is 17.7 Å². The van der Waals surface area contributed by atoms with Gasteiger partial charge in [0.2, 0.25) is 5.91 Å². The number of rotatable bonds is 7. The molecule has 0 fully saturated rings. The van der Waals surface area contributed by atoms with Gasteiger partial charge < -0.3 is 14.8 Å².